The fourth-order valence-electron chi connectivity index (χ4n) is 2.10. The van der Waals surface area contributed by atoms with Crippen molar-refractivity contribution in [2.24, 2.45) is 16.6 Å². The maximum absolute atomic E-state index is 5.77. The SMILES string of the molecule is C=C(C)CN=C(N)NCC1CCC(OC)CC1.I. The molecule has 0 radical (unpaired) electrons. The van der Waals surface area contributed by atoms with Crippen LogP contribution in [0.5, 0.6) is 0 Å². The zero-order chi connectivity index (χ0) is 12.7. The van der Waals surface area contributed by atoms with Crippen LogP contribution in [0.2, 0.25) is 0 Å². The summed E-state index contributed by atoms with van der Waals surface area (Å²) in [5.74, 6) is 1.22. The average molecular weight is 367 g/mol. The van der Waals surface area contributed by atoms with E-state index in [0.29, 0.717) is 24.5 Å². The topological polar surface area (TPSA) is 59.6 Å². The van der Waals surface area contributed by atoms with Crippen LogP contribution in [0.4, 0.5) is 0 Å². The zero-order valence-corrected chi connectivity index (χ0v) is 13.8. The Labute approximate surface area is 127 Å². The summed E-state index contributed by atoms with van der Waals surface area (Å²) in [5.41, 5.74) is 6.79. The molecule has 0 atom stereocenters. The molecule has 106 valence electrons. The van der Waals surface area contributed by atoms with Crippen molar-refractivity contribution < 1.29 is 4.74 Å². The third-order valence-corrected chi connectivity index (χ3v) is 3.22. The Morgan fingerprint density at radius 1 is 1.39 bits per heavy atom. The Morgan fingerprint density at radius 2 is 2.00 bits per heavy atom. The molecule has 4 nitrogen and oxygen atoms in total. The molecule has 1 fully saturated rings. The molecule has 0 amide bonds. The van der Waals surface area contributed by atoms with Gasteiger partial charge in [0.05, 0.1) is 12.6 Å². The fraction of sp³-hybridized carbons (Fsp3) is 0.769. The Kier molecular flexibility index (Phi) is 9.45. The van der Waals surface area contributed by atoms with Crippen molar-refractivity contribution in [1.29, 1.82) is 0 Å². The van der Waals surface area contributed by atoms with Crippen molar-refractivity contribution in [2.75, 3.05) is 20.2 Å². The number of hydrogen-bond acceptors (Lipinski definition) is 2. The number of nitrogens with one attached hydrogen (secondary N) is 1. The van der Waals surface area contributed by atoms with Crippen LogP contribution >= 0.6 is 24.0 Å². The number of nitrogens with two attached hydrogens (primary N) is 1. The quantitative estimate of drug-likeness (QED) is 0.339. The van der Waals surface area contributed by atoms with Gasteiger partial charge < -0.3 is 15.8 Å². The lowest BCUT2D eigenvalue weighted by Crippen LogP contribution is -2.37. The Bertz CT molecular complexity index is 273. The molecule has 0 aliphatic heterocycles. The van der Waals surface area contributed by atoms with Gasteiger partial charge in [0.15, 0.2) is 5.96 Å². The zero-order valence-electron chi connectivity index (χ0n) is 11.4. The van der Waals surface area contributed by atoms with E-state index in [9.17, 15) is 0 Å². The van der Waals surface area contributed by atoms with Gasteiger partial charge in [0, 0.05) is 13.7 Å². The van der Waals surface area contributed by atoms with Gasteiger partial charge in [0.1, 0.15) is 0 Å². The van der Waals surface area contributed by atoms with Crippen LogP contribution in [0, 0.1) is 5.92 Å². The maximum atomic E-state index is 5.77. The minimum atomic E-state index is 0. The van der Waals surface area contributed by atoms with E-state index in [2.05, 4.69) is 16.9 Å². The lowest BCUT2D eigenvalue weighted by Gasteiger charge is -2.27. The minimum Gasteiger partial charge on any atom is -0.381 e. The van der Waals surface area contributed by atoms with Crippen molar-refractivity contribution >= 4 is 29.9 Å². The van der Waals surface area contributed by atoms with Gasteiger partial charge in [0.2, 0.25) is 0 Å². The summed E-state index contributed by atoms with van der Waals surface area (Å²) in [6.07, 6.45) is 5.19. The smallest absolute Gasteiger partial charge is 0.188 e. The second kappa shape index (κ2) is 9.61. The van der Waals surface area contributed by atoms with Gasteiger partial charge in [-0.1, -0.05) is 12.2 Å². The Hall–Kier alpha value is -0.300. The lowest BCUT2D eigenvalue weighted by atomic mass is 9.87. The molecular weight excluding hydrogens is 341 g/mol. The van der Waals surface area contributed by atoms with Crippen molar-refractivity contribution in [3.63, 3.8) is 0 Å². The molecule has 0 aromatic heterocycles. The first-order valence-corrected chi connectivity index (χ1v) is 6.32. The lowest BCUT2D eigenvalue weighted by molar-refractivity contribution is 0.0574. The van der Waals surface area contributed by atoms with Gasteiger partial charge in [-0.2, -0.15) is 0 Å². The highest BCUT2D eigenvalue weighted by Gasteiger charge is 2.20. The van der Waals surface area contributed by atoms with Gasteiger partial charge in [-0.25, -0.2) is 4.99 Å². The van der Waals surface area contributed by atoms with Gasteiger partial charge in [0.25, 0.3) is 0 Å². The first-order chi connectivity index (χ1) is 8.11. The molecule has 1 aliphatic rings. The van der Waals surface area contributed by atoms with Crippen molar-refractivity contribution in [1.82, 2.24) is 5.32 Å². The molecule has 1 saturated carbocycles. The second-order valence-corrected chi connectivity index (χ2v) is 4.92. The van der Waals surface area contributed by atoms with Crippen LogP contribution < -0.4 is 11.1 Å². The largest absolute Gasteiger partial charge is 0.381 e. The molecule has 3 N–H and O–H groups in total. The van der Waals surface area contributed by atoms with Crippen LogP contribution in [0.3, 0.4) is 0 Å². The number of guanidine groups is 1. The van der Waals surface area contributed by atoms with Crippen LogP contribution in [0.15, 0.2) is 17.1 Å². The highest BCUT2D eigenvalue weighted by Crippen LogP contribution is 2.25. The monoisotopic (exact) mass is 367 g/mol. The number of hydrogen-bond donors (Lipinski definition) is 2. The summed E-state index contributed by atoms with van der Waals surface area (Å²) >= 11 is 0. The number of nitrogens with zero attached hydrogens (tertiary/aromatic N) is 1. The normalized spacial score (nSPS) is 24.2. The van der Waals surface area contributed by atoms with Gasteiger partial charge >= 0.3 is 0 Å². The van der Waals surface area contributed by atoms with E-state index in [-0.39, 0.29) is 24.0 Å². The van der Waals surface area contributed by atoms with Crippen LogP contribution in [0.25, 0.3) is 0 Å². The molecule has 0 aromatic carbocycles. The van der Waals surface area contributed by atoms with Crippen molar-refractivity contribution in [3.8, 4) is 0 Å². The molecule has 0 spiro atoms. The predicted octanol–water partition coefficient (Wildman–Crippen LogP) is 2.29. The van der Waals surface area contributed by atoms with Gasteiger partial charge in [-0.3, -0.25) is 0 Å². The highest BCUT2D eigenvalue weighted by atomic mass is 127. The van der Waals surface area contributed by atoms with Crippen molar-refractivity contribution in [2.45, 2.75) is 38.7 Å². The van der Waals surface area contributed by atoms with E-state index in [0.717, 1.165) is 25.0 Å². The number of methoxy groups -OCH3 is 1. The van der Waals surface area contributed by atoms with E-state index >= 15 is 0 Å². The summed E-state index contributed by atoms with van der Waals surface area (Å²) in [6, 6.07) is 0. The van der Waals surface area contributed by atoms with Crippen LogP contribution in [-0.2, 0) is 4.74 Å². The first kappa shape index (κ1) is 17.7. The summed E-state index contributed by atoms with van der Waals surface area (Å²) in [5, 5.41) is 3.19. The number of rotatable bonds is 5. The van der Waals surface area contributed by atoms with E-state index in [4.69, 9.17) is 10.5 Å². The number of halogens is 1. The summed E-state index contributed by atoms with van der Waals surface area (Å²) in [4.78, 5) is 4.20. The predicted molar refractivity (Wildman–Crippen MR) is 87.5 cm³/mol. The Balaban J connectivity index is 0.00000289. The molecule has 0 heterocycles. The average Bonchev–Trinajstić information content (AvgIpc) is 2.34. The second-order valence-electron chi connectivity index (χ2n) is 4.92. The molecule has 18 heavy (non-hydrogen) atoms. The third-order valence-electron chi connectivity index (χ3n) is 3.22. The van der Waals surface area contributed by atoms with Gasteiger partial charge in [-0.05, 0) is 38.5 Å². The highest BCUT2D eigenvalue weighted by molar-refractivity contribution is 14.0. The Morgan fingerprint density at radius 3 is 2.50 bits per heavy atom. The maximum Gasteiger partial charge on any atom is 0.188 e. The molecule has 1 aliphatic carbocycles. The third kappa shape index (κ3) is 7.20. The molecule has 0 saturated heterocycles. The molecule has 0 bridgehead atoms. The summed E-state index contributed by atoms with van der Waals surface area (Å²) in [7, 11) is 1.80. The van der Waals surface area contributed by atoms with E-state index in [1.807, 2.05) is 6.92 Å². The number of aliphatic imine (C=N–C) groups is 1. The standard InChI is InChI=1S/C13H25N3O.HI/c1-10(2)8-15-13(14)16-9-11-4-6-12(17-3)7-5-11;/h11-12H,1,4-9H2,2-3H3,(H3,14,15,16);1H. The van der Waals surface area contributed by atoms with E-state index < -0.39 is 0 Å². The fourth-order valence-corrected chi connectivity index (χ4v) is 2.10. The minimum absolute atomic E-state index is 0. The first-order valence-electron chi connectivity index (χ1n) is 6.32. The molecule has 1 rings (SSSR count). The van der Waals surface area contributed by atoms with Gasteiger partial charge in [-0.15, -0.1) is 24.0 Å². The summed E-state index contributed by atoms with van der Waals surface area (Å²) < 4.78 is 5.35. The van der Waals surface area contributed by atoms with Crippen molar-refractivity contribution in [3.05, 3.63) is 12.2 Å². The molecular formula is C13H26IN3O. The van der Waals surface area contributed by atoms with Crippen LogP contribution in [-0.4, -0.2) is 32.3 Å². The molecule has 0 unspecified atom stereocenters. The van der Waals surface area contributed by atoms with E-state index in [1.165, 1.54) is 12.8 Å². The van der Waals surface area contributed by atoms with E-state index in [1.54, 1.807) is 7.11 Å². The molecule has 5 heteroatoms. The summed E-state index contributed by atoms with van der Waals surface area (Å²) in [6.45, 7) is 7.26. The molecule has 0 aromatic rings. The number of ether oxygens (including phenoxy) is 1. The van der Waals surface area contributed by atoms with Crippen LogP contribution in [0.1, 0.15) is 32.6 Å².